The highest BCUT2D eigenvalue weighted by Crippen LogP contribution is 2.60. The van der Waals surface area contributed by atoms with Crippen molar-refractivity contribution in [2.45, 2.75) is 79.0 Å². The Hall–Kier alpha value is -3.48. The number of aryl methyl sites for hydroxylation is 1. The highest BCUT2D eigenvalue weighted by Gasteiger charge is 2.73. The molecule has 2 aliphatic carbocycles. The number of benzene rings is 2. The first-order valence-electron chi connectivity index (χ1n) is 13.9. The summed E-state index contributed by atoms with van der Waals surface area (Å²) in [5.41, 5.74) is -9.38. The molecule has 4 rings (SSSR count). The second-order valence-electron chi connectivity index (χ2n) is 11.9. The molecule has 48 heavy (non-hydrogen) atoms. The number of hydrogen-bond donors (Lipinski definition) is 3. The first-order valence-corrected chi connectivity index (χ1v) is 15.4. The smallest absolute Gasteiger partial charge is 0.475 e. The van der Waals surface area contributed by atoms with Gasteiger partial charge in [-0.25, -0.2) is 22.0 Å². The number of amides is 1. The van der Waals surface area contributed by atoms with Gasteiger partial charge >= 0.3 is 30.2 Å². The van der Waals surface area contributed by atoms with Crippen molar-refractivity contribution in [3.63, 3.8) is 0 Å². The van der Waals surface area contributed by atoms with Crippen molar-refractivity contribution in [3.05, 3.63) is 65.0 Å². The van der Waals surface area contributed by atoms with Crippen molar-refractivity contribution >= 4 is 21.7 Å². The number of carboxylic acid groups (broad SMARTS) is 1. The van der Waals surface area contributed by atoms with Gasteiger partial charge in [0.2, 0.25) is 0 Å². The number of nitrogens with one attached hydrogen (secondary N) is 1. The van der Waals surface area contributed by atoms with Crippen molar-refractivity contribution in [2.75, 3.05) is 6.54 Å². The number of carbonyl (C=O) groups is 2. The highest BCUT2D eigenvalue weighted by molar-refractivity contribution is 7.92. The average Bonchev–Trinajstić information content (AvgIpc) is 3.34. The lowest BCUT2D eigenvalue weighted by Crippen LogP contribution is -2.51. The van der Waals surface area contributed by atoms with Gasteiger partial charge in [-0.2, -0.15) is 39.5 Å². The van der Waals surface area contributed by atoms with E-state index >= 15 is 0 Å². The van der Waals surface area contributed by atoms with E-state index in [1.54, 1.807) is 0 Å². The summed E-state index contributed by atoms with van der Waals surface area (Å²) in [5.74, 6) is -5.49. The first-order chi connectivity index (χ1) is 21.6. The topological polar surface area (TPSA) is 121 Å². The lowest BCUT2D eigenvalue weighted by atomic mass is 9.72. The molecule has 7 nitrogen and oxygen atoms in total. The molecule has 2 aliphatic rings. The van der Waals surface area contributed by atoms with E-state index in [9.17, 15) is 66.6 Å². The van der Waals surface area contributed by atoms with Crippen LogP contribution in [0.4, 0.5) is 48.3 Å². The maximum atomic E-state index is 14.9. The van der Waals surface area contributed by atoms with Gasteiger partial charge < -0.3 is 15.5 Å². The van der Waals surface area contributed by atoms with Crippen LogP contribution in [0.3, 0.4) is 0 Å². The van der Waals surface area contributed by atoms with E-state index in [0.29, 0.717) is 12.1 Å². The van der Waals surface area contributed by atoms with Gasteiger partial charge in [0, 0.05) is 12.1 Å². The number of alkyl halides is 10. The Morgan fingerprint density at radius 3 is 1.88 bits per heavy atom. The molecule has 2 aromatic rings. The molecule has 1 fully saturated rings. The molecule has 19 heteroatoms. The predicted molar refractivity (Wildman–Crippen MR) is 144 cm³/mol. The summed E-state index contributed by atoms with van der Waals surface area (Å²) in [4.78, 5) is 20.9. The Kier molecular flexibility index (Phi) is 10.4. The molecule has 0 aliphatic heterocycles. The van der Waals surface area contributed by atoms with Crippen LogP contribution in [0.15, 0.2) is 47.4 Å². The Bertz CT molecular complexity index is 1620. The van der Waals surface area contributed by atoms with E-state index in [-0.39, 0.29) is 48.3 Å². The van der Waals surface area contributed by atoms with E-state index in [4.69, 9.17) is 9.90 Å². The van der Waals surface area contributed by atoms with Crippen LogP contribution >= 0.6 is 0 Å². The number of fused-ring (bicyclic) bond motifs is 3. The molecular formula is C29H28F11NO6S. The van der Waals surface area contributed by atoms with Crippen molar-refractivity contribution < 1.29 is 76.5 Å². The highest BCUT2D eigenvalue weighted by atomic mass is 32.2. The first kappa shape index (κ1) is 39.0. The molecule has 2 aromatic carbocycles. The van der Waals surface area contributed by atoms with Gasteiger partial charge in [0.15, 0.2) is 9.84 Å². The van der Waals surface area contributed by atoms with Gasteiger partial charge in [-0.15, -0.1) is 0 Å². The van der Waals surface area contributed by atoms with E-state index in [0.717, 1.165) is 30.3 Å². The molecule has 0 aromatic heterocycles. The number of rotatable bonds is 6. The summed E-state index contributed by atoms with van der Waals surface area (Å²) in [6, 6.07) is 5.40. The van der Waals surface area contributed by atoms with Gasteiger partial charge in [-0.1, -0.05) is 18.2 Å². The van der Waals surface area contributed by atoms with Gasteiger partial charge in [0.05, 0.1) is 4.90 Å². The number of aliphatic hydroxyl groups is 1. The second-order valence-corrected chi connectivity index (χ2v) is 14.1. The zero-order valence-corrected chi connectivity index (χ0v) is 25.6. The fourth-order valence-electron chi connectivity index (χ4n) is 6.18. The van der Waals surface area contributed by atoms with Crippen LogP contribution < -0.4 is 5.32 Å². The third kappa shape index (κ3) is 6.97. The zero-order chi connectivity index (χ0) is 36.9. The van der Waals surface area contributed by atoms with Gasteiger partial charge in [0.1, 0.15) is 16.2 Å². The number of halogens is 11. The average molecular weight is 728 g/mol. The van der Waals surface area contributed by atoms with Crippen LogP contribution in [0.2, 0.25) is 0 Å². The molecule has 1 amide bonds. The van der Waals surface area contributed by atoms with Crippen LogP contribution in [0, 0.1) is 17.7 Å². The zero-order valence-electron chi connectivity index (χ0n) is 24.8. The number of carbonyl (C=O) groups excluding carboxylic acids is 1. The Balaban J connectivity index is 0.000000804. The Labute approximate surface area is 266 Å². The van der Waals surface area contributed by atoms with Gasteiger partial charge in [-0.3, -0.25) is 4.79 Å². The molecule has 268 valence electrons. The number of hydrogen-bond acceptors (Lipinski definition) is 5. The third-order valence-electron chi connectivity index (χ3n) is 8.45. The molecule has 1 saturated carbocycles. The molecule has 0 heterocycles. The standard InChI is InChI=1S/C27H27F8NO4S.C2HF3O2/c1-23(2,38)22(37)36-14-16-11-12-24(41(39,40)19-7-5-18(28)6-8-19)20-10-4-17(13-15(20)3-9-21(16)24)25(29,26(30,31)32)27(33,34)35;3-2(4,5)1(6)7/h4-8,10,13,16,21,38H,3,9,11-12,14H2,1-2H3,(H,36,37);(H,6,7)/t16-,21-,24+;/m0./s1. The molecule has 0 unspecified atom stereocenters. The van der Waals surface area contributed by atoms with Crippen LogP contribution in [-0.4, -0.2) is 61.2 Å². The Morgan fingerprint density at radius 1 is 0.896 bits per heavy atom. The molecule has 0 bridgehead atoms. The maximum absolute atomic E-state index is 14.9. The van der Waals surface area contributed by atoms with Crippen LogP contribution in [0.1, 0.15) is 49.8 Å². The summed E-state index contributed by atoms with van der Waals surface area (Å²) in [6.45, 7) is 2.44. The minimum atomic E-state index is -6.34. The van der Waals surface area contributed by atoms with Crippen molar-refractivity contribution in [1.29, 1.82) is 0 Å². The SMILES string of the molecule is CC(C)(O)C(=O)NC[C@@H]1CC[C@@]2(S(=O)(=O)c3ccc(F)cc3)c3ccc(C(F)(C(F)(F)F)C(F)(F)F)cc3CC[C@@H]12.O=C(O)C(F)(F)F. The second kappa shape index (κ2) is 12.8. The normalized spacial score (nSPS) is 21.8. The van der Waals surface area contributed by atoms with E-state index < -0.39 is 79.5 Å². The number of carboxylic acids is 1. The summed E-state index contributed by atoms with van der Waals surface area (Å²) in [7, 11) is -4.46. The van der Waals surface area contributed by atoms with E-state index in [1.165, 1.54) is 13.8 Å². The fraction of sp³-hybridized carbons (Fsp3) is 0.517. The lowest BCUT2D eigenvalue weighted by molar-refractivity contribution is -0.348. The third-order valence-corrected chi connectivity index (χ3v) is 11.0. The Morgan fingerprint density at radius 2 is 1.42 bits per heavy atom. The summed E-state index contributed by atoms with van der Waals surface area (Å²) >= 11 is 0. The molecule has 0 radical (unpaired) electrons. The van der Waals surface area contributed by atoms with Crippen molar-refractivity contribution in [1.82, 2.24) is 5.32 Å². The minimum Gasteiger partial charge on any atom is -0.475 e. The molecule has 0 saturated heterocycles. The van der Waals surface area contributed by atoms with Crippen molar-refractivity contribution in [3.8, 4) is 0 Å². The van der Waals surface area contributed by atoms with Gasteiger partial charge in [0.25, 0.3) is 5.91 Å². The quantitative estimate of drug-likeness (QED) is 0.238. The van der Waals surface area contributed by atoms with E-state index in [1.807, 2.05) is 0 Å². The molecule has 3 N–H and O–H groups in total. The summed E-state index contributed by atoms with van der Waals surface area (Å²) in [5, 5.41) is 19.6. The lowest BCUT2D eigenvalue weighted by Gasteiger charge is -2.43. The predicted octanol–water partition coefficient (Wildman–Crippen LogP) is 6.28. The van der Waals surface area contributed by atoms with Crippen LogP contribution in [0.5, 0.6) is 0 Å². The summed E-state index contributed by atoms with van der Waals surface area (Å²) in [6.07, 6.45) is -17.9. The minimum absolute atomic E-state index is 0.0166. The molecule has 0 spiro atoms. The monoisotopic (exact) mass is 727 g/mol. The molecule has 3 atom stereocenters. The maximum Gasteiger partial charge on any atom is 0.490 e. The van der Waals surface area contributed by atoms with Gasteiger partial charge in [-0.05, 0) is 86.8 Å². The summed E-state index contributed by atoms with van der Waals surface area (Å²) < 4.78 is 168. The fourth-order valence-corrected chi connectivity index (χ4v) is 8.68. The number of sulfone groups is 1. The van der Waals surface area contributed by atoms with E-state index in [2.05, 4.69) is 5.32 Å². The largest absolute Gasteiger partial charge is 0.490 e. The number of aliphatic carboxylic acids is 1. The molecular weight excluding hydrogens is 699 g/mol. The van der Waals surface area contributed by atoms with Crippen LogP contribution in [-0.2, 0) is 36.3 Å². The van der Waals surface area contributed by atoms with Crippen molar-refractivity contribution in [2.24, 2.45) is 11.8 Å². The van der Waals surface area contributed by atoms with Crippen LogP contribution in [0.25, 0.3) is 0 Å².